The quantitative estimate of drug-likeness (QED) is 0.480. The Kier molecular flexibility index (Phi) is 4.93. The van der Waals surface area contributed by atoms with Crippen LogP contribution in [-0.2, 0) is 16.1 Å². The van der Waals surface area contributed by atoms with Gasteiger partial charge in [0.15, 0.2) is 0 Å². The van der Waals surface area contributed by atoms with E-state index in [2.05, 4.69) is 5.43 Å². The number of rotatable bonds is 5. The molecule has 0 unspecified atom stereocenters. The Morgan fingerprint density at radius 2 is 2.24 bits per heavy atom. The van der Waals surface area contributed by atoms with Crippen LogP contribution in [0.4, 0.5) is 0 Å². The predicted molar refractivity (Wildman–Crippen MR) is 67.2 cm³/mol. The second-order valence-corrected chi connectivity index (χ2v) is 4.92. The Bertz CT molecular complexity index is 394. The number of carbonyl (C=O) groups excluding carboxylic acids is 1. The highest BCUT2D eigenvalue weighted by Crippen LogP contribution is 2.17. The van der Waals surface area contributed by atoms with E-state index in [0.717, 1.165) is 5.56 Å². The van der Waals surface area contributed by atoms with Crippen LogP contribution in [0.25, 0.3) is 0 Å². The predicted octanol–water partition coefficient (Wildman–Crippen LogP) is 1.87. The third-order valence-corrected chi connectivity index (χ3v) is 2.60. The topological polar surface area (TPSA) is 64.3 Å². The molecule has 0 aliphatic rings. The van der Waals surface area contributed by atoms with E-state index in [-0.39, 0.29) is 5.91 Å². The van der Waals surface area contributed by atoms with Gasteiger partial charge in [-0.15, -0.1) is 0 Å². The fourth-order valence-electron chi connectivity index (χ4n) is 1.31. The van der Waals surface area contributed by atoms with E-state index >= 15 is 0 Å². The number of ether oxygens (including phenoxy) is 1. The molecule has 0 bridgehead atoms. The summed E-state index contributed by atoms with van der Waals surface area (Å²) in [5.74, 6) is 4.84. The first-order valence-electron chi connectivity index (χ1n) is 5.29. The molecule has 1 aromatic carbocycles. The van der Waals surface area contributed by atoms with E-state index in [1.807, 2.05) is 18.2 Å². The normalized spacial score (nSPS) is 11.3. The van der Waals surface area contributed by atoms with E-state index in [0.29, 0.717) is 18.2 Å². The molecule has 0 spiro atoms. The van der Waals surface area contributed by atoms with Gasteiger partial charge < -0.3 is 4.74 Å². The molecular formula is C12H17ClN2O2. The van der Waals surface area contributed by atoms with E-state index in [4.69, 9.17) is 22.2 Å². The molecule has 5 heteroatoms. The van der Waals surface area contributed by atoms with Crippen molar-refractivity contribution in [2.75, 3.05) is 6.61 Å². The first kappa shape index (κ1) is 14.0. The van der Waals surface area contributed by atoms with Gasteiger partial charge in [0.25, 0.3) is 0 Å². The Hall–Kier alpha value is -1.10. The molecular weight excluding hydrogens is 240 g/mol. The maximum Gasteiger partial charge on any atom is 0.241 e. The average Bonchev–Trinajstić information content (AvgIpc) is 2.27. The highest BCUT2D eigenvalue weighted by atomic mass is 35.5. The zero-order valence-corrected chi connectivity index (χ0v) is 10.8. The molecule has 1 amide bonds. The molecule has 0 saturated heterocycles. The molecule has 0 saturated carbocycles. The summed E-state index contributed by atoms with van der Waals surface area (Å²) in [5, 5.41) is 0.671. The van der Waals surface area contributed by atoms with Crippen molar-refractivity contribution in [1.29, 1.82) is 0 Å². The molecule has 0 fully saturated rings. The van der Waals surface area contributed by atoms with Gasteiger partial charge in [-0.25, -0.2) is 5.84 Å². The molecule has 0 heterocycles. The van der Waals surface area contributed by atoms with Crippen LogP contribution in [0.1, 0.15) is 19.4 Å². The highest BCUT2D eigenvalue weighted by Gasteiger charge is 2.27. The van der Waals surface area contributed by atoms with Crippen molar-refractivity contribution in [3.05, 3.63) is 34.9 Å². The molecule has 1 aromatic rings. The number of carbonyl (C=O) groups is 1. The van der Waals surface area contributed by atoms with Crippen LogP contribution < -0.4 is 11.3 Å². The maximum atomic E-state index is 11.4. The number of hydrogen-bond donors (Lipinski definition) is 2. The van der Waals surface area contributed by atoms with Crippen molar-refractivity contribution in [1.82, 2.24) is 5.43 Å². The minimum atomic E-state index is -0.646. The lowest BCUT2D eigenvalue weighted by molar-refractivity contribution is -0.132. The van der Waals surface area contributed by atoms with E-state index in [9.17, 15) is 4.79 Å². The van der Waals surface area contributed by atoms with Crippen molar-refractivity contribution in [2.24, 2.45) is 11.3 Å². The number of hydrogen-bond acceptors (Lipinski definition) is 3. The van der Waals surface area contributed by atoms with E-state index < -0.39 is 5.41 Å². The smallest absolute Gasteiger partial charge is 0.241 e. The van der Waals surface area contributed by atoms with Crippen LogP contribution in [0.5, 0.6) is 0 Å². The number of benzene rings is 1. The summed E-state index contributed by atoms with van der Waals surface area (Å²) in [6.07, 6.45) is 0. The van der Waals surface area contributed by atoms with Gasteiger partial charge >= 0.3 is 0 Å². The summed E-state index contributed by atoms with van der Waals surface area (Å²) in [5.41, 5.74) is 2.45. The number of nitrogens with one attached hydrogen (secondary N) is 1. The van der Waals surface area contributed by atoms with Crippen LogP contribution in [0.15, 0.2) is 24.3 Å². The van der Waals surface area contributed by atoms with Crippen molar-refractivity contribution < 1.29 is 9.53 Å². The lowest BCUT2D eigenvalue weighted by Crippen LogP contribution is -2.43. The molecule has 0 aliphatic carbocycles. The van der Waals surface area contributed by atoms with E-state index in [1.54, 1.807) is 19.9 Å². The lowest BCUT2D eigenvalue weighted by atomic mass is 9.94. The Balaban J connectivity index is 2.45. The molecule has 3 N–H and O–H groups in total. The number of amides is 1. The van der Waals surface area contributed by atoms with Crippen molar-refractivity contribution in [3.63, 3.8) is 0 Å². The largest absolute Gasteiger partial charge is 0.376 e. The summed E-state index contributed by atoms with van der Waals surface area (Å²) >= 11 is 5.85. The average molecular weight is 257 g/mol. The third-order valence-electron chi connectivity index (χ3n) is 2.37. The van der Waals surface area contributed by atoms with Crippen molar-refractivity contribution >= 4 is 17.5 Å². The van der Waals surface area contributed by atoms with Crippen LogP contribution in [0.3, 0.4) is 0 Å². The standard InChI is InChI=1S/C12H17ClN2O2/c1-12(2,11(16)15-14)8-17-7-9-4-3-5-10(13)6-9/h3-6H,7-8,14H2,1-2H3,(H,15,16). The Morgan fingerprint density at radius 3 is 2.82 bits per heavy atom. The summed E-state index contributed by atoms with van der Waals surface area (Å²) in [6, 6.07) is 7.41. The molecule has 4 nitrogen and oxygen atoms in total. The zero-order valence-electron chi connectivity index (χ0n) is 10.00. The molecule has 0 atom stereocenters. The summed E-state index contributed by atoms with van der Waals surface area (Å²) in [4.78, 5) is 11.4. The molecule has 0 radical (unpaired) electrons. The third kappa shape index (κ3) is 4.34. The maximum absolute atomic E-state index is 11.4. The fourth-order valence-corrected chi connectivity index (χ4v) is 1.52. The second-order valence-electron chi connectivity index (χ2n) is 4.48. The lowest BCUT2D eigenvalue weighted by Gasteiger charge is -2.21. The summed E-state index contributed by atoms with van der Waals surface area (Å²) < 4.78 is 5.49. The number of halogens is 1. The second kappa shape index (κ2) is 6.00. The molecule has 0 aliphatic heterocycles. The van der Waals surface area contributed by atoms with Crippen LogP contribution in [0, 0.1) is 5.41 Å². The van der Waals surface area contributed by atoms with E-state index in [1.165, 1.54) is 0 Å². The zero-order chi connectivity index (χ0) is 12.9. The van der Waals surface area contributed by atoms with Gasteiger partial charge in [0.05, 0.1) is 18.6 Å². The number of nitrogens with two attached hydrogens (primary N) is 1. The first-order valence-corrected chi connectivity index (χ1v) is 5.67. The van der Waals surface area contributed by atoms with Crippen molar-refractivity contribution in [3.8, 4) is 0 Å². The molecule has 17 heavy (non-hydrogen) atoms. The van der Waals surface area contributed by atoms with Gasteiger partial charge in [-0.1, -0.05) is 23.7 Å². The van der Waals surface area contributed by atoms with Gasteiger partial charge in [0.1, 0.15) is 0 Å². The molecule has 1 rings (SSSR count). The minimum absolute atomic E-state index is 0.247. The van der Waals surface area contributed by atoms with Gasteiger partial charge in [-0.2, -0.15) is 0 Å². The van der Waals surface area contributed by atoms with Crippen LogP contribution >= 0.6 is 11.6 Å². The molecule has 0 aromatic heterocycles. The number of hydrazine groups is 1. The minimum Gasteiger partial charge on any atom is -0.376 e. The summed E-state index contributed by atoms with van der Waals surface area (Å²) in [6.45, 7) is 4.25. The fraction of sp³-hybridized carbons (Fsp3) is 0.417. The van der Waals surface area contributed by atoms with Gasteiger partial charge in [0.2, 0.25) is 5.91 Å². The van der Waals surface area contributed by atoms with Gasteiger partial charge in [-0.3, -0.25) is 10.2 Å². The first-order chi connectivity index (χ1) is 7.95. The molecule has 94 valence electrons. The van der Waals surface area contributed by atoms with Crippen LogP contribution in [-0.4, -0.2) is 12.5 Å². The Labute approximate surface area is 106 Å². The SMILES string of the molecule is CC(C)(COCc1cccc(Cl)c1)C(=O)NN. The Morgan fingerprint density at radius 1 is 1.53 bits per heavy atom. The van der Waals surface area contributed by atoms with Crippen LogP contribution in [0.2, 0.25) is 5.02 Å². The monoisotopic (exact) mass is 256 g/mol. The van der Waals surface area contributed by atoms with Gasteiger partial charge in [-0.05, 0) is 31.5 Å². The van der Waals surface area contributed by atoms with Crippen molar-refractivity contribution in [2.45, 2.75) is 20.5 Å². The highest BCUT2D eigenvalue weighted by molar-refractivity contribution is 6.30. The van der Waals surface area contributed by atoms with Gasteiger partial charge in [0, 0.05) is 5.02 Å². The summed E-state index contributed by atoms with van der Waals surface area (Å²) in [7, 11) is 0.